The van der Waals surface area contributed by atoms with Crippen molar-refractivity contribution >= 4 is 15.8 Å². The predicted octanol–water partition coefficient (Wildman–Crippen LogP) is 0.995. The Hall–Kier alpha value is -0.620. The highest BCUT2D eigenvalue weighted by Gasteiger charge is 2.40. The minimum absolute atomic E-state index is 0.149. The molecule has 4 atom stereocenters. The van der Waals surface area contributed by atoms with Crippen molar-refractivity contribution in [3.63, 3.8) is 0 Å². The molecule has 1 heterocycles. The second-order valence-electron chi connectivity index (χ2n) is 6.15. The van der Waals surface area contributed by atoms with E-state index in [-0.39, 0.29) is 23.1 Å². The van der Waals surface area contributed by atoms with Crippen LogP contribution in [0.4, 0.5) is 0 Å². The van der Waals surface area contributed by atoms with Crippen molar-refractivity contribution in [1.82, 2.24) is 4.90 Å². The minimum atomic E-state index is -2.97. The third kappa shape index (κ3) is 3.28. The summed E-state index contributed by atoms with van der Waals surface area (Å²) in [7, 11) is -2.97. The number of hydrogen-bond donors (Lipinski definition) is 1. The Kier molecular flexibility index (Phi) is 4.20. The molecule has 1 aliphatic carbocycles. The third-order valence-electron chi connectivity index (χ3n) is 4.68. The molecule has 0 aromatic rings. The summed E-state index contributed by atoms with van der Waals surface area (Å²) in [6.07, 6.45) is 4.64. The minimum Gasteiger partial charge on any atom is -0.481 e. The molecule has 5 nitrogen and oxygen atoms in total. The number of carboxylic acids is 1. The summed E-state index contributed by atoms with van der Waals surface area (Å²) in [6, 6.07) is 0.236. The molecule has 0 spiro atoms. The summed E-state index contributed by atoms with van der Waals surface area (Å²) in [5.74, 6) is -0.889. The van der Waals surface area contributed by atoms with E-state index in [4.69, 9.17) is 5.11 Å². The monoisotopic (exact) mass is 289 g/mol. The summed E-state index contributed by atoms with van der Waals surface area (Å²) in [5.41, 5.74) is 0. The molecule has 110 valence electrons. The van der Waals surface area contributed by atoms with E-state index < -0.39 is 15.8 Å². The molecule has 1 aliphatic heterocycles. The first-order valence-electron chi connectivity index (χ1n) is 6.94. The van der Waals surface area contributed by atoms with Crippen molar-refractivity contribution in [2.45, 2.75) is 43.9 Å². The molecular formula is C13H23NO4S. The number of likely N-dealkylation sites (tertiary alicyclic amines) is 1. The maximum absolute atomic E-state index is 11.7. The van der Waals surface area contributed by atoms with Crippen LogP contribution in [0.3, 0.4) is 0 Å². The molecule has 1 saturated heterocycles. The van der Waals surface area contributed by atoms with E-state index in [1.165, 1.54) is 6.26 Å². The molecular weight excluding hydrogens is 266 g/mol. The number of hydrogen-bond acceptors (Lipinski definition) is 4. The van der Waals surface area contributed by atoms with Gasteiger partial charge >= 0.3 is 5.97 Å². The second-order valence-corrected chi connectivity index (χ2v) is 8.47. The molecule has 4 unspecified atom stereocenters. The average Bonchev–Trinajstić information content (AvgIpc) is 2.70. The number of carboxylic acid groups (broad SMARTS) is 1. The first kappa shape index (κ1) is 14.8. The van der Waals surface area contributed by atoms with Crippen LogP contribution < -0.4 is 0 Å². The van der Waals surface area contributed by atoms with Crippen molar-refractivity contribution < 1.29 is 18.3 Å². The molecule has 0 aromatic carbocycles. The van der Waals surface area contributed by atoms with Gasteiger partial charge in [0.1, 0.15) is 9.84 Å². The van der Waals surface area contributed by atoms with Crippen molar-refractivity contribution in [2.24, 2.45) is 11.8 Å². The highest BCUT2D eigenvalue weighted by atomic mass is 32.2. The standard InChI is InChI=1S/C13H23NO4S/c1-9-7-14(8-12(9)13(15)16)10-4-3-5-11(6-10)19(2,17)18/h9-12H,3-8H2,1-2H3,(H,15,16). The quantitative estimate of drug-likeness (QED) is 0.839. The van der Waals surface area contributed by atoms with Gasteiger partial charge < -0.3 is 5.11 Å². The number of sulfone groups is 1. The smallest absolute Gasteiger partial charge is 0.308 e. The molecule has 19 heavy (non-hydrogen) atoms. The van der Waals surface area contributed by atoms with E-state index in [0.29, 0.717) is 13.0 Å². The summed E-state index contributed by atoms with van der Waals surface area (Å²) < 4.78 is 23.3. The average molecular weight is 289 g/mol. The molecule has 6 heteroatoms. The lowest BCUT2D eigenvalue weighted by Crippen LogP contribution is -2.41. The fourth-order valence-corrected chi connectivity index (χ4v) is 4.63. The molecule has 1 N–H and O–H groups in total. The number of carbonyl (C=O) groups is 1. The lowest BCUT2D eigenvalue weighted by atomic mass is 9.94. The first-order valence-corrected chi connectivity index (χ1v) is 8.90. The molecule has 1 saturated carbocycles. The third-order valence-corrected chi connectivity index (χ3v) is 6.32. The van der Waals surface area contributed by atoms with E-state index >= 15 is 0 Å². The van der Waals surface area contributed by atoms with Crippen LogP contribution in [-0.2, 0) is 14.6 Å². The van der Waals surface area contributed by atoms with E-state index in [1.807, 2.05) is 6.92 Å². The molecule has 0 radical (unpaired) electrons. The molecule has 2 fully saturated rings. The van der Waals surface area contributed by atoms with Gasteiger partial charge in [-0.3, -0.25) is 9.69 Å². The maximum Gasteiger partial charge on any atom is 0.308 e. The molecule has 2 rings (SSSR count). The Morgan fingerprint density at radius 2 is 1.95 bits per heavy atom. The van der Waals surface area contributed by atoms with Gasteiger partial charge in [-0.15, -0.1) is 0 Å². The van der Waals surface area contributed by atoms with Crippen molar-refractivity contribution in [3.8, 4) is 0 Å². The van der Waals surface area contributed by atoms with Gasteiger partial charge in [0.25, 0.3) is 0 Å². The highest BCUT2D eigenvalue weighted by molar-refractivity contribution is 7.91. The van der Waals surface area contributed by atoms with Gasteiger partial charge in [-0.2, -0.15) is 0 Å². The van der Waals surface area contributed by atoms with E-state index in [0.717, 1.165) is 25.8 Å². The molecule has 2 aliphatic rings. The normalized spacial score (nSPS) is 37.4. The molecule has 0 bridgehead atoms. The van der Waals surface area contributed by atoms with Crippen LogP contribution in [0.2, 0.25) is 0 Å². The van der Waals surface area contributed by atoms with Gasteiger partial charge in [0, 0.05) is 25.4 Å². The Bertz CT molecular complexity index is 448. The van der Waals surface area contributed by atoms with Crippen molar-refractivity contribution in [3.05, 3.63) is 0 Å². The van der Waals surface area contributed by atoms with Gasteiger partial charge in [0.15, 0.2) is 0 Å². The summed E-state index contributed by atoms with van der Waals surface area (Å²) in [4.78, 5) is 13.3. The largest absolute Gasteiger partial charge is 0.481 e. The number of rotatable bonds is 3. The van der Waals surface area contributed by atoms with E-state index in [1.54, 1.807) is 0 Å². The summed E-state index contributed by atoms with van der Waals surface area (Å²) >= 11 is 0. The van der Waals surface area contributed by atoms with Crippen LogP contribution in [0.25, 0.3) is 0 Å². The summed E-state index contributed by atoms with van der Waals surface area (Å²) in [5, 5.41) is 8.91. The second kappa shape index (κ2) is 5.40. The van der Waals surface area contributed by atoms with Crippen LogP contribution >= 0.6 is 0 Å². The van der Waals surface area contributed by atoms with Crippen molar-refractivity contribution in [2.75, 3.05) is 19.3 Å². The van der Waals surface area contributed by atoms with Gasteiger partial charge in [0.05, 0.1) is 11.2 Å². The van der Waals surface area contributed by atoms with Crippen LogP contribution in [-0.4, -0.2) is 55.0 Å². The zero-order valence-electron chi connectivity index (χ0n) is 11.6. The zero-order chi connectivity index (χ0) is 14.2. The molecule has 0 amide bonds. The van der Waals surface area contributed by atoms with Gasteiger partial charge in [-0.25, -0.2) is 8.42 Å². The lowest BCUT2D eigenvalue weighted by Gasteiger charge is -2.34. The Morgan fingerprint density at radius 1 is 1.26 bits per heavy atom. The fourth-order valence-electron chi connectivity index (χ4n) is 3.46. The van der Waals surface area contributed by atoms with E-state index in [2.05, 4.69) is 4.90 Å². The fraction of sp³-hybridized carbons (Fsp3) is 0.923. The lowest BCUT2D eigenvalue weighted by molar-refractivity contribution is -0.142. The first-order chi connectivity index (χ1) is 8.79. The number of nitrogens with zero attached hydrogens (tertiary/aromatic N) is 1. The predicted molar refractivity (Wildman–Crippen MR) is 72.8 cm³/mol. The Balaban J connectivity index is 2.01. The zero-order valence-corrected chi connectivity index (χ0v) is 12.4. The highest BCUT2D eigenvalue weighted by Crippen LogP contribution is 2.32. The van der Waals surface area contributed by atoms with Crippen LogP contribution in [0, 0.1) is 11.8 Å². The van der Waals surface area contributed by atoms with Gasteiger partial charge in [-0.05, 0) is 25.2 Å². The summed E-state index contributed by atoms with van der Waals surface area (Å²) in [6.45, 7) is 3.31. The Labute approximate surface area is 114 Å². The van der Waals surface area contributed by atoms with Crippen LogP contribution in [0.5, 0.6) is 0 Å². The van der Waals surface area contributed by atoms with Crippen LogP contribution in [0.1, 0.15) is 32.6 Å². The van der Waals surface area contributed by atoms with Gasteiger partial charge in [0.2, 0.25) is 0 Å². The Morgan fingerprint density at radius 3 is 2.47 bits per heavy atom. The SMILES string of the molecule is CC1CN(C2CCCC(S(C)(=O)=O)C2)CC1C(=O)O. The van der Waals surface area contributed by atoms with Crippen molar-refractivity contribution in [1.29, 1.82) is 0 Å². The van der Waals surface area contributed by atoms with Crippen LogP contribution in [0.15, 0.2) is 0 Å². The number of aliphatic carboxylic acids is 1. The maximum atomic E-state index is 11.7. The topological polar surface area (TPSA) is 74.7 Å². The van der Waals surface area contributed by atoms with Gasteiger partial charge in [-0.1, -0.05) is 13.3 Å². The molecule has 0 aromatic heterocycles. The van der Waals surface area contributed by atoms with E-state index in [9.17, 15) is 13.2 Å².